The molecule has 0 radical (unpaired) electrons. The van der Waals surface area contributed by atoms with Crippen LogP contribution in [-0.4, -0.2) is 57.3 Å². The van der Waals surface area contributed by atoms with Gasteiger partial charge in [0, 0.05) is 41.4 Å². The van der Waals surface area contributed by atoms with E-state index in [2.05, 4.69) is 20.3 Å². The standard InChI is InChI=1S/C33H28F6N6OS/c34-17-13-32(9-4-10-45(32)14-17)15-46-31-43-26-20(29(44-31)41-23-12-19(23)16-5-2-1-3-6-16)11-21(33(37,38)39)24(25(26)36)18-7-8-22(35)28-27(18)42-30(40)47-28/h1-3,5-8,11,17,19,23H,4,9-10,12-15H2,(H2,40,42)(H,41,43,44)/t17-,19+,23-,32+/m1/s1. The number of nitrogens with two attached hydrogens (primary N) is 1. The fraction of sp³-hybridized carbons (Fsp3) is 0.364. The summed E-state index contributed by atoms with van der Waals surface area (Å²) in [5, 5.41) is 2.95. The topological polar surface area (TPSA) is 89.2 Å². The number of aromatic nitrogens is 3. The lowest BCUT2D eigenvalue weighted by Gasteiger charge is -2.30. The summed E-state index contributed by atoms with van der Waals surface area (Å²) in [6, 6.07) is 12.0. The van der Waals surface area contributed by atoms with Crippen LogP contribution in [-0.2, 0) is 6.18 Å². The monoisotopic (exact) mass is 670 g/mol. The maximum atomic E-state index is 16.8. The highest BCUT2D eigenvalue weighted by molar-refractivity contribution is 7.22. The van der Waals surface area contributed by atoms with Crippen LogP contribution in [0, 0.1) is 11.6 Å². The van der Waals surface area contributed by atoms with Crippen molar-refractivity contribution in [2.24, 2.45) is 0 Å². The van der Waals surface area contributed by atoms with Gasteiger partial charge in [0.05, 0.1) is 21.3 Å². The number of nitrogens with one attached hydrogen (secondary N) is 1. The minimum atomic E-state index is -5.01. The molecule has 3 fully saturated rings. The molecule has 1 saturated carbocycles. The number of hydrogen-bond donors (Lipinski definition) is 2. The molecule has 244 valence electrons. The predicted molar refractivity (Wildman–Crippen MR) is 167 cm³/mol. The van der Waals surface area contributed by atoms with Gasteiger partial charge in [0.25, 0.3) is 0 Å². The first-order chi connectivity index (χ1) is 22.5. The number of benzene rings is 3. The molecule has 0 unspecified atom stereocenters. The van der Waals surface area contributed by atoms with Crippen LogP contribution in [0.15, 0.2) is 48.5 Å². The molecule has 2 aliphatic heterocycles. The number of nitrogens with zero attached hydrogens (tertiary/aromatic N) is 4. The molecule has 5 aromatic rings. The number of thiazole rings is 1. The molecule has 2 saturated heterocycles. The summed E-state index contributed by atoms with van der Waals surface area (Å²) in [5.41, 5.74) is 3.28. The molecule has 1 aliphatic carbocycles. The van der Waals surface area contributed by atoms with Gasteiger partial charge >= 0.3 is 12.2 Å². The van der Waals surface area contributed by atoms with Crippen molar-refractivity contribution in [1.82, 2.24) is 19.9 Å². The van der Waals surface area contributed by atoms with Crippen LogP contribution >= 0.6 is 11.3 Å². The normalized spacial score (nSPS) is 24.3. The fourth-order valence-corrected chi connectivity index (χ4v) is 8.07. The van der Waals surface area contributed by atoms with Crippen LogP contribution in [0.2, 0.25) is 0 Å². The van der Waals surface area contributed by atoms with E-state index >= 15 is 4.39 Å². The summed E-state index contributed by atoms with van der Waals surface area (Å²) < 4.78 is 96.0. The summed E-state index contributed by atoms with van der Waals surface area (Å²) >= 11 is 0.755. The van der Waals surface area contributed by atoms with Crippen molar-refractivity contribution in [3.8, 4) is 17.1 Å². The molecule has 0 spiro atoms. The lowest BCUT2D eigenvalue weighted by molar-refractivity contribution is -0.137. The average Bonchev–Trinajstić information content (AvgIpc) is 3.33. The van der Waals surface area contributed by atoms with Crippen molar-refractivity contribution in [3.05, 3.63) is 71.3 Å². The van der Waals surface area contributed by atoms with Crippen LogP contribution in [0.5, 0.6) is 6.01 Å². The Morgan fingerprint density at radius 3 is 2.66 bits per heavy atom. The third-order valence-electron chi connectivity index (χ3n) is 9.57. The second-order valence-corrected chi connectivity index (χ2v) is 13.6. The summed E-state index contributed by atoms with van der Waals surface area (Å²) in [6.07, 6.45) is -3.48. The number of nitrogen functional groups attached to an aromatic ring is 1. The zero-order valence-corrected chi connectivity index (χ0v) is 25.6. The zero-order valence-electron chi connectivity index (χ0n) is 24.8. The van der Waals surface area contributed by atoms with E-state index in [0.717, 1.165) is 48.1 Å². The molecule has 4 atom stereocenters. The van der Waals surface area contributed by atoms with Crippen LogP contribution in [0.1, 0.15) is 42.7 Å². The SMILES string of the molecule is Nc1nc2c(-c3c(C(F)(F)F)cc4c(N[C@@H]5C[C@H]5c5ccccc5)nc(OC[C@@]56CCCN5C[C@H](F)C6)nc4c3F)ccc(F)c2s1. The first-order valence-corrected chi connectivity index (χ1v) is 16.1. The van der Waals surface area contributed by atoms with Crippen molar-refractivity contribution in [2.75, 3.05) is 30.7 Å². The molecule has 47 heavy (non-hydrogen) atoms. The van der Waals surface area contributed by atoms with Gasteiger partial charge in [0.15, 0.2) is 10.9 Å². The van der Waals surface area contributed by atoms with E-state index in [1.807, 2.05) is 35.2 Å². The van der Waals surface area contributed by atoms with Gasteiger partial charge in [-0.15, -0.1) is 0 Å². The Bertz CT molecular complexity index is 2020. The Labute approximate surface area is 268 Å². The van der Waals surface area contributed by atoms with Gasteiger partial charge in [0.1, 0.15) is 29.9 Å². The largest absolute Gasteiger partial charge is 0.461 e. The van der Waals surface area contributed by atoms with Crippen LogP contribution < -0.4 is 15.8 Å². The van der Waals surface area contributed by atoms with E-state index in [4.69, 9.17) is 10.5 Å². The van der Waals surface area contributed by atoms with Crippen molar-refractivity contribution in [1.29, 1.82) is 0 Å². The highest BCUT2D eigenvalue weighted by Gasteiger charge is 2.49. The third kappa shape index (κ3) is 5.21. The Morgan fingerprint density at radius 1 is 1.06 bits per heavy atom. The first kappa shape index (κ1) is 30.2. The summed E-state index contributed by atoms with van der Waals surface area (Å²) in [5.74, 6) is -1.96. The number of hydrogen-bond acceptors (Lipinski definition) is 8. The van der Waals surface area contributed by atoms with Crippen LogP contribution in [0.25, 0.3) is 32.2 Å². The van der Waals surface area contributed by atoms with Gasteiger partial charge in [-0.05, 0) is 49.6 Å². The Morgan fingerprint density at radius 2 is 1.87 bits per heavy atom. The number of rotatable bonds is 7. The lowest BCUT2D eigenvalue weighted by Crippen LogP contribution is -2.43. The number of alkyl halides is 4. The van der Waals surface area contributed by atoms with Crippen molar-refractivity contribution in [2.45, 2.75) is 55.5 Å². The molecule has 14 heteroatoms. The molecular weight excluding hydrogens is 642 g/mol. The zero-order chi connectivity index (χ0) is 32.7. The maximum absolute atomic E-state index is 16.8. The van der Waals surface area contributed by atoms with Crippen molar-refractivity contribution >= 4 is 43.4 Å². The molecule has 4 heterocycles. The second kappa shape index (κ2) is 10.9. The van der Waals surface area contributed by atoms with Crippen molar-refractivity contribution < 1.29 is 31.1 Å². The molecule has 2 aromatic heterocycles. The van der Waals surface area contributed by atoms with E-state index in [1.165, 1.54) is 0 Å². The number of halogens is 6. The summed E-state index contributed by atoms with van der Waals surface area (Å²) in [6.45, 7) is 1.06. The Balaban J connectivity index is 1.27. The smallest absolute Gasteiger partial charge is 0.417 e. The predicted octanol–water partition coefficient (Wildman–Crippen LogP) is 7.71. The Kier molecular flexibility index (Phi) is 7.03. The average molecular weight is 671 g/mol. The van der Waals surface area contributed by atoms with Crippen molar-refractivity contribution in [3.63, 3.8) is 0 Å². The van der Waals surface area contributed by atoms with E-state index in [0.29, 0.717) is 19.4 Å². The third-order valence-corrected chi connectivity index (χ3v) is 10.5. The lowest BCUT2D eigenvalue weighted by atomic mass is 9.95. The first-order valence-electron chi connectivity index (χ1n) is 15.3. The summed E-state index contributed by atoms with van der Waals surface area (Å²) in [7, 11) is 0. The van der Waals surface area contributed by atoms with Crippen LogP contribution in [0.4, 0.5) is 37.3 Å². The van der Waals surface area contributed by atoms with E-state index in [-0.39, 0.29) is 63.1 Å². The quantitative estimate of drug-likeness (QED) is 0.172. The highest BCUT2D eigenvalue weighted by atomic mass is 32.1. The number of anilines is 2. The van der Waals surface area contributed by atoms with Gasteiger partial charge < -0.3 is 15.8 Å². The fourth-order valence-electron chi connectivity index (χ4n) is 7.31. The second-order valence-electron chi connectivity index (χ2n) is 12.6. The van der Waals surface area contributed by atoms with E-state index in [1.54, 1.807) is 0 Å². The molecule has 7 nitrogen and oxygen atoms in total. The molecule has 0 amide bonds. The number of fused-ring (bicyclic) bond motifs is 3. The molecule has 0 bridgehead atoms. The minimum absolute atomic E-state index is 0.0119. The van der Waals surface area contributed by atoms with E-state index < -0.39 is 46.2 Å². The molecule has 3 aromatic carbocycles. The minimum Gasteiger partial charge on any atom is -0.461 e. The van der Waals surface area contributed by atoms with Gasteiger partial charge in [-0.25, -0.2) is 18.2 Å². The molecule has 3 aliphatic rings. The molecule has 3 N–H and O–H groups in total. The van der Waals surface area contributed by atoms with Crippen LogP contribution in [0.3, 0.4) is 0 Å². The van der Waals surface area contributed by atoms with E-state index in [9.17, 15) is 22.0 Å². The maximum Gasteiger partial charge on any atom is 0.417 e. The van der Waals surface area contributed by atoms with Gasteiger partial charge in [-0.3, -0.25) is 4.90 Å². The number of ether oxygens (including phenoxy) is 1. The Hall–Kier alpha value is -4.17. The molecular formula is C33H28F6N6OS. The van der Waals surface area contributed by atoms with Gasteiger partial charge in [-0.1, -0.05) is 41.7 Å². The summed E-state index contributed by atoms with van der Waals surface area (Å²) in [4.78, 5) is 14.8. The molecule has 8 rings (SSSR count). The van der Waals surface area contributed by atoms with Gasteiger partial charge in [0.2, 0.25) is 0 Å². The highest BCUT2D eigenvalue weighted by Crippen LogP contribution is 2.48. The van der Waals surface area contributed by atoms with Gasteiger partial charge in [-0.2, -0.15) is 23.1 Å².